The molecule has 302 valence electrons. The molecule has 0 aromatic heterocycles. The summed E-state index contributed by atoms with van der Waals surface area (Å²) in [6.07, 6.45) is 4.94. The fourth-order valence-corrected chi connectivity index (χ4v) is 11.7. The summed E-state index contributed by atoms with van der Waals surface area (Å²) in [7, 11) is 0. The van der Waals surface area contributed by atoms with E-state index in [1.165, 1.54) is 120 Å². The summed E-state index contributed by atoms with van der Waals surface area (Å²) in [6, 6.07) is 79.3. The number of nitrogens with zero attached hydrogens (tertiary/aromatic N) is 1. The third-order valence-corrected chi connectivity index (χ3v) is 14.6. The summed E-state index contributed by atoms with van der Waals surface area (Å²) in [5, 5.41) is 0. The zero-order valence-corrected chi connectivity index (χ0v) is 36.0. The highest BCUT2D eigenvalue weighted by molar-refractivity contribution is 5.95. The number of fused-ring (bicyclic) bond motifs is 8. The van der Waals surface area contributed by atoms with E-state index in [2.05, 4.69) is 231 Å². The van der Waals surface area contributed by atoms with Crippen molar-refractivity contribution in [2.24, 2.45) is 0 Å². The van der Waals surface area contributed by atoms with Gasteiger partial charge in [0, 0.05) is 27.8 Å². The molecule has 0 atom stereocenters. The van der Waals surface area contributed by atoms with Crippen LogP contribution in [0.25, 0.3) is 66.8 Å². The molecule has 1 nitrogen and oxygen atoms in total. The van der Waals surface area contributed by atoms with Gasteiger partial charge in [-0.3, -0.25) is 0 Å². The Morgan fingerprint density at radius 2 is 0.810 bits per heavy atom. The third-order valence-electron chi connectivity index (χ3n) is 14.6. The number of para-hydroxylation sites is 1. The largest absolute Gasteiger partial charge is 0.310 e. The number of hydrogen-bond donors (Lipinski definition) is 0. The van der Waals surface area contributed by atoms with Crippen LogP contribution in [0.2, 0.25) is 0 Å². The van der Waals surface area contributed by atoms with E-state index < -0.39 is 0 Å². The number of anilines is 3. The van der Waals surface area contributed by atoms with Gasteiger partial charge in [0.05, 0.1) is 5.69 Å². The van der Waals surface area contributed by atoms with E-state index in [1.54, 1.807) is 0 Å². The molecule has 0 radical (unpaired) electrons. The topological polar surface area (TPSA) is 3.24 Å². The minimum atomic E-state index is -0.108. The average Bonchev–Trinajstić information content (AvgIpc) is 4.02. The molecule has 3 aliphatic rings. The van der Waals surface area contributed by atoms with Crippen LogP contribution >= 0.6 is 0 Å². The van der Waals surface area contributed by atoms with E-state index in [4.69, 9.17) is 0 Å². The number of benzene rings is 9. The van der Waals surface area contributed by atoms with Crippen molar-refractivity contribution in [1.82, 2.24) is 0 Å². The van der Waals surface area contributed by atoms with Crippen LogP contribution in [0.5, 0.6) is 0 Å². The van der Waals surface area contributed by atoms with Gasteiger partial charge in [-0.15, -0.1) is 0 Å². The summed E-state index contributed by atoms with van der Waals surface area (Å²) in [4.78, 5) is 2.51. The van der Waals surface area contributed by atoms with Crippen LogP contribution < -0.4 is 4.90 Å². The zero-order chi connectivity index (χ0) is 42.1. The van der Waals surface area contributed by atoms with Gasteiger partial charge in [-0.2, -0.15) is 0 Å². The van der Waals surface area contributed by atoms with Crippen molar-refractivity contribution in [1.29, 1.82) is 0 Å². The van der Waals surface area contributed by atoms with Gasteiger partial charge in [0.15, 0.2) is 0 Å². The molecule has 3 aliphatic carbocycles. The van der Waals surface area contributed by atoms with Crippen LogP contribution in [0.3, 0.4) is 0 Å². The maximum Gasteiger partial charge on any atom is 0.0540 e. The van der Waals surface area contributed by atoms with Crippen molar-refractivity contribution >= 4 is 17.1 Å². The van der Waals surface area contributed by atoms with Crippen molar-refractivity contribution in [2.75, 3.05) is 4.90 Å². The predicted molar refractivity (Wildman–Crippen MR) is 265 cm³/mol. The first-order valence-electron chi connectivity index (χ1n) is 22.7. The van der Waals surface area contributed by atoms with E-state index in [0.29, 0.717) is 0 Å². The number of hydrogen-bond acceptors (Lipinski definition) is 1. The van der Waals surface area contributed by atoms with Crippen molar-refractivity contribution in [3.63, 3.8) is 0 Å². The molecule has 12 rings (SSSR count). The van der Waals surface area contributed by atoms with E-state index in [1.807, 2.05) is 0 Å². The van der Waals surface area contributed by atoms with Gasteiger partial charge in [0.25, 0.3) is 0 Å². The monoisotopic (exact) mass is 807 g/mol. The fraction of sp³-hybridized carbons (Fsp3) is 0.129. The standard InChI is InChI=1S/C62H49N/c1-61(2)56-26-11-8-23-52(56)55-25-16-24-54(60(55)61)50-21-7-6-19-48(50)44-33-35-46(36-34-44)63(47-37-38-53-51-22-9-12-27-57(51)62(58(53)41-47)39-14-15-40-62)59-28-13-10-20-49(59)45-31-29-43(30-32-45)42-17-4-3-5-18-42/h3-13,16-38,41H,14-15,39-40H2,1-2H3. The highest BCUT2D eigenvalue weighted by atomic mass is 15.1. The lowest BCUT2D eigenvalue weighted by atomic mass is 9.76. The predicted octanol–water partition coefficient (Wildman–Crippen LogP) is 17.0. The maximum atomic E-state index is 2.54. The summed E-state index contributed by atoms with van der Waals surface area (Å²) >= 11 is 0. The molecule has 0 amide bonds. The van der Waals surface area contributed by atoms with Gasteiger partial charge < -0.3 is 4.90 Å². The molecule has 0 saturated heterocycles. The van der Waals surface area contributed by atoms with Crippen LogP contribution in [0.1, 0.15) is 61.8 Å². The van der Waals surface area contributed by atoms with E-state index in [0.717, 1.165) is 11.4 Å². The first-order valence-corrected chi connectivity index (χ1v) is 22.7. The van der Waals surface area contributed by atoms with Gasteiger partial charge in [-0.05, 0) is 127 Å². The van der Waals surface area contributed by atoms with Crippen molar-refractivity contribution in [2.45, 2.75) is 50.4 Å². The lowest BCUT2D eigenvalue weighted by molar-refractivity contribution is 0.550. The van der Waals surface area contributed by atoms with E-state index in [9.17, 15) is 0 Å². The molecule has 1 spiro atoms. The summed E-state index contributed by atoms with van der Waals surface area (Å²) in [5.74, 6) is 0. The fourth-order valence-electron chi connectivity index (χ4n) is 11.7. The molecule has 1 heteroatoms. The molecule has 0 heterocycles. The highest BCUT2D eigenvalue weighted by Crippen LogP contribution is 2.58. The SMILES string of the molecule is CC1(C)c2ccccc2-c2cccc(-c3ccccc3-c3ccc(N(c4ccc5c(c4)C4(CCCC4)c4ccccc4-5)c4ccccc4-c4ccc(-c5ccccc5)cc4)cc3)c21. The first-order chi connectivity index (χ1) is 31.0. The second-order valence-corrected chi connectivity index (χ2v) is 18.4. The van der Waals surface area contributed by atoms with Gasteiger partial charge >= 0.3 is 0 Å². The van der Waals surface area contributed by atoms with Crippen molar-refractivity contribution in [3.05, 3.63) is 235 Å². The Kier molecular flexibility index (Phi) is 8.76. The second-order valence-electron chi connectivity index (χ2n) is 18.4. The van der Waals surface area contributed by atoms with Crippen molar-refractivity contribution < 1.29 is 0 Å². The molecular formula is C62H49N. The third kappa shape index (κ3) is 5.90. The Balaban J connectivity index is 0.994. The number of rotatable bonds is 7. The minimum Gasteiger partial charge on any atom is -0.310 e. The van der Waals surface area contributed by atoms with Gasteiger partial charge in [0.1, 0.15) is 0 Å². The van der Waals surface area contributed by atoms with Gasteiger partial charge in [-0.1, -0.05) is 209 Å². The summed E-state index contributed by atoms with van der Waals surface area (Å²) < 4.78 is 0. The molecule has 63 heavy (non-hydrogen) atoms. The Hall–Kier alpha value is -7.22. The van der Waals surface area contributed by atoms with Gasteiger partial charge in [-0.25, -0.2) is 0 Å². The van der Waals surface area contributed by atoms with Gasteiger partial charge in [0.2, 0.25) is 0 Å². The van der Waals surface area contributed by atoms with Crippen LogP contribution in [0.4, 0.5) is 17.1 Å². The molecule has 9 aromatic carbocycles. The maximum absolute atomic E-state index is 2.54. The summed E-state index contributed by atoms with van der Waals surface area (Å²) in [5.41, 5.74) is 24.6. The Morgan fingerprint density at radius 3 is 1.54 bits per heavy atom. The quantitative estimate of drug-likeness (QED) is 0.155. The smallest absolute Gasteiger partial charge is 0.0540 e. The molecule has 0 unspecified atom stereocenters. The molecule has 1 saturated carbocycles. The normalized spacial score (nSPS) is 14.8. The van der Waals surface area contributed by atoms with Crippen LogP contribution in [-0.2, 0) is 10.8 Å². The van der Waals surface area contributed by atoms with Crippen molar-refractivity contribution in [3.8, 4) is 66.8 Å². The molecule has 0 bridgehead atoms. The Labute approximate surface area is 372 Å². The van der Waals surface area contributed by atoms with E-state index in [-0.39, 0.29) is 10.8 Å². The zero-order valence-electron chi connectivity index (χ0n) is 36.0. The lowest BCUT2D eigenvalue weighted by Gasteiger charge is -2.31. The average molecular weight is 808 g/mol. The molecule has 9 aromatic rings. The molecule has 1 fully saturated rings. The second kappa shape index (κ2) is 14.7. The Bertz CT molecular complexity index is 3180. The Morgan fingerprint density at radius 1 is 0.333 bits per heavy atom. The van der Waals surface area contributed by atoms with E-state index >= 15 is 0 Å². The van der Waals surface area contributed by atoms with Crippen LogP contribution in [0, 0.1) is 0 Å². The highest BCUT2D eigenvalue weighted by Gasteiger charge is 2.45. The van der Waals surface area contributed by atoms with Crippen LogP contribution in [0.15, 0.2) is 212 Å². The minimum absolute atomic E-state index is 0.0709. The first kappa shape index (κ1) is 37.5. The molecular weight excluding hydrogens is 759 g/mol. The molecule has 0 aliphatic heterocycles. The summed E-state index contributed by atoms with van der Waals surface area (Å²) in [6.45, 7) is 4.77. The lowest BCUT2D eigenvalue weighted by Crippen LogP contribution is -2.21. The molecule has 0 N–H and O–H groups in total. The van der Waals surface area contributed by atoms with Crippen LogP contribution in [-0.4, -0.2) is 0 Å².